The van der Waals surface area contributed by atoms with Crippen LogP contribution in [0.15, 0.2) is 36.4 Å². The van der Waals surface area contributed by atoms with Crippen molar-refractivity contribution < 1.29 is 9.47 Å². The molecule has 1 aliphatic heterocycles. The Labute approximate surface area is 121 Å². The fraction of sp³-hybridized carbons (Fsp3) is 0.143. The van der Waals surface area contributed by atoms with E-state index < -0.39 is 0 Å². The van der Waals surface area contributed by atoms with E-state index in [1.165, 1.54) is 0 Å². The van der Waals surface area contributed by atoms with Crippen molar-refractivity contribution in [2.24, 2.45) is 0 Å². The van der Waals surface area contributed by atoms with Crippen LogP contribution in [0.4, 0.5) is 5.69 Å². The van der Waals surface area contributed by atoms with Gasteiger partial charge in [-0.25, -0.2) is 0 Å². The fourth-order valence-electron chi connectivity index (χ4n) is 1.93. The normalized spacial score (nSPS) is 12.5. The van der Waals surface area contributed by atoms with Gasteiger partial charge in [0.05, 0.1) is 5.02 Å². The molecule has 2 aromatic carbocycles. The molecule has 19 heavy (non-hydrogen) atoms. The highest BCUT2D eigenvalue weighted by Gasteiger charge is 2.18. The first-order chi connectivity index (χ1) is 9.22. The van der Waals surface area contributed by atoms with E-state index in [0.717, 1.165) is 11.3 Å². The average molecular weight is 296 g/mol. The Morgan fingerprint density at radius 1 is 1.11 bits per heavy atom. The third kappa shape index (κ3) is 2.72. The summed E-state index contributed by atoms with van der Waals surface area (Å²) in [6, 6.07) is 11.4. The summed E-state index contributed by atoms with van der Waals surface area (Å²) < 4.78 is 10.6. The SMILES string of the molecule is Clc1cccc(NCc2cc(Cl)c3c(c2)OCO3)c1. The summed E-state index contributed by atoms with van der Waals surface area (Å²) >= 11 is 12.1. The van der Waals surface area contributed by atoms with Gasteiger partial charge in [-0.15, -0.1) is 0 Å². The van der Waals surface area contributed by atoms with Gasteiger partial charge in [0.25, 0.3) is 0 Å². The molecule has 0 aliphatic carbocycles. The summed E-state index contributed by atoms with van der Waals surface area (Å²) in [6.07, 6.45) is 0. The number of hydrogen-bond acceptors (Lipinski definition) is 3. The molecule has 0 fully saturated rings. The van der Waals surface area contributed by atoms with E-state index >= 15 is 0 Å². The highest BCUT2D eigenvalue weighted by molar-refractivity contribution is 6.32. The molecule has 1 heterocycles. The third-order valence-corrected chi connectivity index (χ3v) is 3.32. The summed E-state index contributed by atoms with van der Waals surface area (Å²) in [4.78, 5) is 0. The maximum atomic E-state index is 6.13. The van der Waals surface area contributed by atoms with Crippen molar-refractivity contribution in [3.05, 3.63) is 52.0 Å². The molecule has 1 aliphatic rings. The minimum atomic E-state index is 0.222. The van der Waals surface area contributed by atoms with Gasteiger partial charge >= 0.3 is 0 Å². The lowest BCUT2D eigenvalue weighted by Crippen LogP contribution is -1.99. The molecule has 0 radical (unpaired) electrons. The Balaban J connectivity index is 1.76. The standard InChI is InChI=1S/C14H11Cl2NO2/c15-10-2-1-3-11(6-10)17-7-9-4-12(16)14-13(5-9)18-8-19-14/h1-6,17H,7-8H2. The lowest BCUT2D eigenvalue weighted by molar-refractivity contribution is 0.174. The fourth-order valence-corrected chi connectivity index (χ4v) is 2.40. The average Bonchev–Trinajstić information content (AvgIpc) is 2.85. The van der Waals surface area contributed by atoms with Gasteiger partial charge in [0.1, 0.15) is 0 Å². The molecule has 0 unspecified atom stereocenters. The molecule has 0 spiro atoms. The van der Waals surface area contributed by atoms with E-state index in [4.69, 9.17) is 32.7 Å². The number of hydrogen-bond donors (Lipinski definition) is 1. The maximum Gasteiger partial charge on any atom is 0.231 e. The highest BCUT2D eigenvalue weighted by atomic mass is 35.5. The lowest BCUT2D eigenvalue weighted by atomic mass is 10.2. The number of ether oxygens (including phenoxy) is 2. The number of halogens is 2. The van der Waals surface area contributed by atoms with Gasteiger partial charge in [-0.3, -0.25) is 0 Å². The van der Waals surface area contributed by atoms with Gasteiger partial charge in [-0.05, 0) is 35.9 Å². The van der Waals surface area contributed by atoms with Crippen LogP contribution in [0, 0.1) is 0 Å². The van der Waals surface area contributed by atoms with Gasteiger partial charge in [0, 0.05) is 17.3 Å². The van der Waals surface area contributed by atoms with Crippen LogP contribution < -0.4 is 14.8 Å². The molecular formula is C14H11Cl2NO2. The van der Waals surface area contributed by atoms with Crippen molar-refractivity contribution >= 4 is 28.9 Å². The van der Waals surface area contributed by atoms with E-state index in [0.29, 0.717) is 28.1 Å². The molecule has 3 rings (SSSR count). The van der Waals surface area contributed by atoms with Crippen LogP contribution in [0.1, 0.15) is 5.56 Å². The molecule has 3 nitrogen and oxygen atoms in total. The van der Waals surface area contributed by atoms with Gasteiger partial charge in [0.15, 0.2) is 11.5 Å². The Morgan fingerprint density at radius 3 is 2.84 bits per heavy atom. The largest absolute Gasteiger partial charge is 0.454 e. The van der Waals surface area contributed by atoms with E-state index in [9.17, 15) is 0 Å². The van der Waals surface area contributed by atoms with Crippen LogP contribution in [-0.2, 0) is 6.54 Å². The van der Waals surface area contributed by atoms with Crippen LogP contribution in [0.5, 0.6) is 11.5 Å². The molecule has 1 N–H and O–H groups in total. The van der Waals surface area contributed by atoms with Crippen molar-refractivity contribution in [1.29, 1.82) is 0 Å². The summed E-state index contributed by atoms with van der Waals surface area (Å²) in [7, 11) is 0. The number of nitrogens with one attached hydrogen (secondary N) is 1. The van der Waals surface area contributed by atoms with Crippen molar-refractivity contribution in [3.63, 3.8) is 0 Å². The highest BCUT2D eigenvalue weighted by Crippen LogP contribution is 2.39. The predicted octanol–water partition coefficient (Wildman–Crippen LogP) is 4.33. The second kappa shape index (κ2) is 5.19. The number of anilines is 1. The van der Waals surface area contributed by atoms with Gasteiger partial charge in [-0.1, -0.05) is 29.3 Å². The molecule has 0 saturated carbocycles. The topological polar surface area (TPSA) is 30.5 Å². The molecule has 0 amide bonds. The molecular weight excluding hydrogens is 285 g/mol. The van der Waals surface area contributed by atoms with Gasteiger partial charge in [-0.2, -0.15) is 0 Å². The van der Waals surface area contributed by atoms with Crippen molar-refractivity contribution in [2.45, 2.75) is 6.54 Å². The number of fused-ring (bicyclic) bond motifs is 1. The Kier molecular flexibility index (Phi) is 3.40. The van der Waals surface area contributed by atoms with Gasteiger partial charge < -0.3 is 14.8 Å². The summed E-state index contributed by atoms with van der Waals surface area (Å²) in [6.45, 7) is 0.858. The summed E-state index contributed by atoms with van der Waals surface area (Å²) in [5.74, 6) is 1.31. The summed E-state index contributed by atoms with van der Waals surface area (Å²) in [5, 5.41) is 4.55. The van der Waals surface area contributed by atoms with E-state index in [1.54, 1.807) is 0 Å². The molecule has 98 valence electrons. The third-order valence-electron chi connectivity index (χ3n) is 2.81. The first-order valence-corrected chi connectivity index (χ1v) is 6.55. The van der Waals surface area contributed by atoms with Crippen molar-refractivity contribution in [2.75, 3.05) is 12.1 Å². The van der Waals surface area contributed by atoms with Crippen LogP contribution in [0.25, 0.3) is 0 Å². The maximum absolute atomic E-state index is 6.13. The second-order valence-corrected chi connectivity index (χ2v) is 5.02. The first-order valence-electron chi connectivity index (χ1n) is 5.80. The zero-order chi connectivity index (χ0) is 13.2. The van der Waals surface area contributed by atoms with E-state index in [1.807, 2.05) is 36.4 Å². The molecule has 5 heteroatoms. The van der Waals surface area contributed by atoms with Crippen molar-refractivity contribution in [1.82, 2.24) is 0 Å². The number of rotatable bonds is 3. The van der Waals surface area contributed by atoms with Crippen LogP contribution in [-0.4, -0.2) is 6.79 Å². The minimum Gasteiger partial charge on any atom is -0.454 e. The molecule has 0 bridgehead atoms. The zero-order valence-corrected chi connectivity index (χ0v) is 11.5. The monoisotopic (exact) mass is 295 g/mol. The van der Waals surface area contributed by atoms with Crippen LogP contribution >= 0.6 is 23.2 Å². The van der Waals surface area contributed by atoms with Crippen molar-refractivity contribution in [3.8, 4) is 11.5 Å². The Hall–Kier alpha value is -1.58. The molecule has 0 saturated heterocycles. The van der Waals surface area contributed by atoms with Gasteiger partial charge in [0.2, 0.25) is 6.79 Å². The second-order valence-electron chi connectivity index (χ2n) is 4.18. The minimum absolute atomic E-state index is 0.222. The summed E-state index contributed by atoms with van der Waals surface area (Å²) in [5.41, 5.74) is 1.98. The number of benzene rings is 2. The van der Waals surface area contributed by atoms with E-state index in [2.05, 4.69) is 5.32 Å². The molecule has 2 aromatic rings. The predicted molar refractivity (Wildman–Crippen MR) is 76.4 cm³/mol. The van der Waals surface area contributed by atoms with Crippen LogP contribution in [0.2, 0.25) is 10.0 Å². The lowest BCUT2D eigenvalue weighted by Gasteiger charge is -2.08. The first kappa shape index (κ1) is 12.5. The van der Waals surface area contributed by atoms with Crippen LogP contribution in [0.3, 0.4) is 0 Å². The molecule has 0 aromatic heterocycles. The zero-order valence-electron chi connectivity index (χ0n) is 9.95. The quantitative estimate of drug-likeness (QED) is 0.914. The molecule has 0 atom stereocenters. The Bertz CT molecular complexity index is 616. The van der Waals surface area contributed by atoms with E-state index in [-0.39, 0.29) is 6.79 Å². The smallest absolute Gasteiger partial charge is 0.231 e. The Morgan fingerprint density at radius 2 is 2.00 bits per heavy atom.